The van der Waals surface area contributed by atoms with E-state index in [4.69, 9.17) is 0 Å². The molecule has 0 heteroatoms. The predicted octanol–water partition coefficient (Wildman–Crippen LogP) is 10.8. The largest absolute Gasteiger partial charge is 0.107 e. The molecule has 0 nitrogen and oxygen atoms in total. The first-order valence-corrected chi connectivity index (χ1v) is 13.8. The van der Waals surface area contributed by atoms with Gasteiger partial charge < -0.3 is 0 Å². The van der Waals surface area contributed by atoms with E-state index in [-0.39, 0.29) is 0 Å². The molecule has 0 saturated heterocycles. The quantitative estimate of drug-likeness (QED) is 0.111. The second-order valence-electron chi connectivity index (χ2n) is 9.31. The molecule has 0 N–H and O–H groups in total. The fraction of sp³-hybridized carbons (Fsp3) is 0.931. The summed E-state index contributed by atoms with van der Waals surface area (Å²) >= 11 is 0. The molecule has 0 heterocycles. The molecule has 29 heavy (non-hydrogen) atoms. The van der Waals surface area contributed by atoms with Crippen LogP contribution in [0.5, 0.6) is 0 Å². The average molecular weight is 405 g/mol. The first-order valence-electron chi connectivity index (χ1n) is 13.8. The van der Waals surface area contributed by atoms with Gasteiger partial charge in [0.25, 0.3) is 0 Å². The Labute approximate surface area is 186 Å². The molecule has 0 spiro atoms. The van der Waals surface area contributed by atoms with Crippen LogP contribution in [0.1, 0.15) is 174 Å². The minimum absolute atomic E-state index is 1.11. The standard InChI is InChI=1S/C29H56/c1-3-5-7-9-11-13-15-17-19-21-23-25-27-29-28-26-24-22-20-18-16-14-12-10-8-6-4-2/h3,5,7-29H2,1-2H3. The van der Waals surface area contributed by atoms with Crippen LogP contribution >= 0.6 is 0 Å². The third-order valence-corrected chi connectivity index (χ3v) is 6.33. The van der Waals surface area contributed by atoms with Crippen molar-refractivity contribution in [1.29, 1.82) is 0 Å². The van der Waals surface area contributed by atoms with Crippen molar-refractivity contribution < 1.29 is 0 Å². The number of unbranched alkanes of at least 4 members (excludes halogenated alkanes) is 24. The van der Waals surface area contributed by atoms with E-state index in [1.807, 2.05) is 6.92 Å². The minimum Gasteiger partial charge on any atom is -0.107 e. The van der Waals surface area contributed by atoms with Crippen LogP contribution < -0.4 is 0 Å². The van der Waals surface area contributed by atoms with Gasteiger partial charge in [-0.15, -0.1) is 11.8 Å². The number of rotatable bonds is 24. The lowest BCUT2D eigenvalue weighted by molar-refractivity contribution is 0.517. The maximum Gasteiger partial charge on any atom is 0.00885 e. The molecule has 0 aliphatic rings. The molecular formula is C29H56. The lowest BCUT2D eigenvalue weighted by Gasteiger charge is -2.04. The van der Waals surface area contributed by atoms with Gasteiger partial charge in [-0.25, -0.2) is 0 Å². The van der Waals surface area contributed by atoms with Crippen molar-refractivity contribution in [3.8, 4) is 11.8 Å². The van der Waals surface area contributed by atoms with Crippen LogP contribution in [0.25, 0.3) is 0 Å². The summed E-state index contributed by atoms with van der Waals surface area (Å²) in [6.45, 7) is 4.25. The van der Waals surface area contributed by atoms with E-state index in [0.717, 1.165) is 6.42 Å². The van der Waals surface area contributed by atoms with Gasteiger partial charge in [-0.05, 0) is 13.3 Å². The van der Waals surface area contributed by atoms with Crippen molar-refractivity contribution in [2.24, 2.45) is 0 Å². The third kappa shape index (κ3) is 27.6. The Bertz CT molecular complexity index is 332. The Balaban J connectivity index is 2.99. The maximum absolute atomic E-state index is 3.16. The molecule has 0 amide bonds. The summed E-state index contributed by atoms with van der Waals surface area (Å²) in [6, 6.07) is 0. The third-order valence-electron chi connectivity index (χ3n) is 6.33. The zero-order valence-electron chi connectivity index (χ0n) is 20.7. The van der Waals surface area contributed by atoms with E-state index in [1.54, 1.807) is 0 Å². The summed E-state index contributed by atoms with van der Waals surface area (Å²) < 4.78 is 0. The lowest BCUT2D eigenvalue weighted by atomic mass is 10.0. The molecule has 0 unspecified atom stereocenters. The van der Waals surface area contributed by atoms with Gasteiger partial charge in [-0.2, -0.15) is 0 Å². The molecule has 172 valence electrons. The second kappa shape index (κ2) is 27.6. The zero-order valence-corrected chi connectivity index (χ0v) is 20.7. The molecule has 0 aromatic rings. The van der Waals surface area contributed by atoms with Crippen LogP contribution in [0.4, 0.5) is 0 Å². The monoisotopic (exact) mass is 404 g/mol. The van der Waals surface area contributed by atoms with Gasteiger partial charge in [0, 0.05) is 6.42 Å². The molecular weight excluding hydrogens is 348 g/mol. The summed E-state index contributed by atoms with van der Waals surface area (Å²) in [5.41, 5.74) is 0. The van der Waals surface area contributed by atoms with Crippen molar-refractivity contribution >= 4 is 0 Å². The summed E-state index contributed by atoms with van der Waals surface area (Å²) in [5.74, 6) is 6.15. The maximum atomic E-state index is 3.16. The SMILES string of the molecule is CC#CCCCCCCCCCCCCCCCCCCCCCCCCCC. The predicted molar refractivity (Wildman–Crippen MR) is 135 cm³/mol. The summed E-state index contributed by atoms with van der Waals surface area (Å²) in [4.78, 5) is 0. The molecule has 0 bridgehead atoms. The van der Waals surface area contributed by atoms with Crippen LogP contribution in [0, 0.1) is 11.8 Å². The van der Waals surface area contributed by atoms with E-state index in [2.05, 4.69) is 18.8 Å². The van der Waals surface area contributed by atoms with Gasteiger partial charge in [0.15, 0.2) is 0 Å². The topological polar surface area (TPSA) is 0 Å². The molecule has 0 aliphatic heterocycles. The second-order valence-corrected chi connectivity index (χ2v) is 9.31. The zero-order chi connectivity index (χ0) is 21.1. The van der Waals surface area contributed by atoms with E-state index in [0.29, 0.717) is 0 Å². The molecule has 0 radical (unpaired) electrons. The Morgan fingerprint density at radius 3 is 0.828 bits per heavy atom. The fourth-order valence-electron chi connectivity index (χ4n) is 4.30. The molecule has 0 fully saturated rings. The highest BCUT2D eigenvalue weighted by atomic mass is 14.0. The summed E-state index contributed by atoms with van der Waals surface area (Å²) in [5, 5.41) is 0. The van der Waals surface area contributed by atoms with Crippen LogP contribution in [-0.2, 0) is 0 Å². The minimum atomic E-state index is 1.11. The Hall–Kier alpha value is -0.440. The van der Waals surface area contributed by atoms with Crippen molar-refractivity contribution in [3.63, 3.8) is 0 Å². The highest BCUT2D eigenvalue weighted by Gasteiger charge is 1.96. The van der Waals surface area contributed by atoms with Crippen LogP contribution in [0.15, 0.2) is 0 Å². The Morgan fingerprint density at radius 2 is 0.586 bits per heavy atom. The average Bonchev–Trinajstić information content (AvgIpc) is 2.74. The molecule has 0 aromatic heterocycles. The van der Waals surface area contributed by atoms with Gasteiger partial charge in [0.05, 0.1) is 0 Å². The first-order chi connectivity index (χ1) is 14.4. The normalized spacial score (nSPS) is 10.8. The Kier molecular flexibility index (Phi) is 27.1. The highest BCUT2D eigenvalue weighted by Crippen LogP contribution is 2.15. The highest BCUT2D eigenvalue weighted by molar-refractivity contribution is 4.94. The first kappa shape index (κ1) is 28.6. The van der Waals surface area contributed by atoms with Crippen LogP contribution in [-0.4, -0.2) is 0 Å². The van der Waals surface area contributed by atoms with Gasteiger partial charge in [0.1, 0.15) is 0 Å². The van der Waals surface area contributed by atoms with E-state index >= 15 is 0 Å². The molecule has 0 atom stereocenters. The fourth-order valence-corrected chi connectivity index (χ4v) is 4.30. The van der Waals surface area contributed by atoms with Crippen molar-refractivity contribution in [2.45, 2.75) is 174 Å². The number of hydrogen-bond acceptors (Lipinski definition) is 0. The van der Waals surface area contributed by atoms with Crippen molar-refractivity contribution in [1.82, 2.24) is 0 Å². The van der Waals surface area contributed by atoms with E-state index in [9.17, 15) is 0 Å². The van der Waals surface area contributed by atoms with Gasteiger partial charge in [-0.3, -0.25) is 0 Å². The Morgan fingerprint density at radius 1 is 0.345 bits per heavy atom. The molecule has 0 aromatic carbocycles. The van der Waals surface area contributed by atoms with E-state index < -0.39 is 0 Å². The summed E-state index contributed by atoms with van der Waals surface area (Å²) in [6.07, 6.45) is 36.1. The molecule has 0 saturated carbocycles. The number of hydrogen-bond donors (Lipinski definition) is 0. The van der Waals surface area contributed by atoms with Gasteiger partial charge in [-0.1, -0.05) is 155 Å². The lowest BCUT2D eigenvalue weighted by Crippen LogP contribution is -1.84. The van der Waals surface area contributed by atoms with Crippen molar-refractivity contribution in [2.75, 3.05) is 0 Å². The molecule has 0 aliphatic carbocycles. The van der Waals surface area contributed by atoms with Crippen LogP contribution in [0.3, 0.4) is 0 Å². The van der Waals surface area contributed by atoms with E-state index in [1.165, 1.54) is 154 Å². The van der Waals surface area contributed by atoms with Gasteiger partial charge in [0.2, 0.25) is 0 Å². The molecule has 0 rings (SSSR count). The summed E-state index contributed by atoms with van der Waals surface area (Å²) in [7, 11) is 0. The van der Waals surface area contributed by atoms with Crippen molar-refractivity contribution in [3.05, 3.63) is 0 Å². The van der Waals surface area contributed by atoms with Gasteiger partial charge >= 0.3 is 0 Å². The smallest absolute Gasteiger partial charge is 0.00885 e. The van der Waals surface area contributed by atoms with Crippen LogP contribution in [0.2, 0.25) is 0 Å².